The highest BCUT2D eigenvalue weighted by Gasteiger charge is 2.57. The van der Waals surface area contributed by atoms with E-state index in [9.17, 15) is 4.79 Å². The van der Waals surface area contributed by atoms with Crippen molar-refractivity contribution in [1.82, 2.24) is 19.5 Å². The van der Waals surface area contributed by atoms with Crippen molar-refractivity contribution >= 4 is 48.3 Å². The topological polar surface area (TPSA) is 122 Å². The van der Waals surface area contributed by atoms with Gasteiger partial charge < -0.3 is 24.1 Å². The maximum absolute atomic E-state index is 13.0. The number of carbonyl (C=O) groups is 1. The van der Waals surface area contributed by atoms with E-state index in [4.69, 9.17) is 18.7 Å². The molecule has 6 rings (SSSR count). The van der Waals surface area contributed by atoms with Gasteiger partial charge in [0, 0.05) is 19.4 Å². The molecule has 0 aliphatic carbocycles. The van der Waals surface area contributed by atoms with Gasteiger partial charge in [-0.15, -0.1) is 5.16 Å². The summed E-state index contributed by atoms with van der Waals surface area (Å²) >= 11 is 0. The molecule has 1 amide bonds. The molecule has 12 heteroatoms. The minimum Gasteiger partial charge on any atom is -0.399 e. The summed E-state index contributed by atoms with van der Waals surface area (Å²) in [5, 5.41) is 8.47. The molecule has 3 heterocycles. The smallest absolute Gasteiger partial charge is 0.261 e. The number of rotatable bonds is 11. The molecule has 0 saturated carbocycles. The van der Waals surface area contributed by atoms with Gasteiger partial charge in [-0.05, 0) is 27.5 Å². The first-order valence-corrected chi connectivity index (χ1v) is 17.3. The Morgan fingerprint density at radius 1 is 0.936 bits per heavy atom. The van der Waals surface area contributed by atoms with Crippen molar-refractivity contribution < 1.29 is 23.5 Å². The largest absolute Gasteiger partial charge is 0.399 e. The van der Waals surface area contributed by atoms with Crippen LogP contribution in [0.25, 0.3) is 11.2 Å². The highest BCUT2D eigenvalue weighted by atomic mass is 28.4. The molecular weight excluding hydrogens is 613 g/mol. The minimum absolute atomic E-state index is 0.0860. The number of benzene rings is 3. The van der Waals surface area contributed by atoms with Gasteiger partial charge in [0.25, 0.3) is 14.2 Å². The molecule has 0 bridgehead atoms. The first kappa shape index (κ1) is 32.2. The second-order valence-electron chi connectivity index (χ2n) is 12.3. The lowest BCUT2D eigenvalue weighted by atomic mass is 10.1. The van der Waals surface area contributed by atoms with Gasteiger partial charge in [-0.1, -0.05) is 99.6 Å². The molecule has 1 saturated heterocycles. The number of nitrogens with one attached hydrogen (secondary N) is 1. The lowest BCUT2D eigenvalue weighted by Gasteiger charge is -2.45. The first-order chi connectivity index (χ1) is 22.8. The van der Waals surface area contributed by atoms with Crippen molar-refractivity contribution in [2.75, 3.05) is 19.0 Å². The van der Waals surface area contributed by atoms with E-state index in [-0.39, 0.29) is 23.4 Å². The van der Waals surface area contributed by atoms with Gasteiger partial charge >= 0.3 is 0 Å². The van der Waals surface area contributed by atoms with Crippen molar-refractivity contribution in [1.29, 1.82) is 0 Å². The normalized spacial score (nSPS) is 19.8. The highest BCUT2D eigenvalue weighted by molar-refractivity contribution is 6.99. The Bertz CT molecular complexity index is 1780. The molecule has 0 unspecified atom stereocenters. The number of hydrogen-bond acceptors (Lipinski definition) is 9. The number of oxime groups is 1. The molecule has 3 aromatic carbocycles. The fraction of sp³-hybridized carbons (Fsp3) is 0.286. The van der Waals surface area contributed by atoms with Crippen LogP contribution in [0.5, 0.6) is 0 Å². The Kier molecular flexibility index (Phi) is 9.28. The van der Waals surface area contributed by atoms with E-state index in [1.54, 1.807) is 42.3 Å². The number of amides is 1. The van der Waals surface area contributed by atoms with Crippen LogP contribution in [-0.2, 0) is 18.7 Å². The second kappa shape index (κ2) is 13.5. The summed E-state index contributed by atoms with van der Waals surface area (Å²) in [6.07, 6.45) is 0.506. The number of carbonyl (C=O) groups excluding carboxylic acids is 1. The zero-order valence-electron chi connectivity index (χ0n) is 26.8. The molecule has 242 valence electrons. The number of nitrogens with zero attached hydrogens (tertiary/aromatic N) is 5. The van der Waals surface area contributed by atoms with Crippen molar-refractivity contribution in [3.05, 3.63) is 109 Å². The van der Waals surface area contributed by atoms with Crippen LogP contribution in [0.1, 0.15) is 37.4 Å². The Hall–Kier alpha value is -4.75. The third kappa shape index (κ3) is 6.08. The molecule has 0 spiro atoms. The van der Waals surface area contributed by atoms with Gasteiger partial charge in [-0.2, -0.15) is 0 Å². The molecule has 0 radical (unpaired) electrons. The maximum Gasteiger partial charge on any atom is 0.261 e. The summed E-state index contributed by atoms with van der Waals surface area (Å²) in [4.78, 5) is 31.9. The van der Waals surface area contributed by atoms with Crippen molar-refractivity contribution in [3.63, 3.8) is 0 Å². The summed E-state index contributed by atoms with van der Waals surface area (Å²) in [6, 6.07) is 29.7. The number of aromatic nitrogens is 4. The Morgan fingerprint density at radius 3 is 2.13 bits per heavy atom. The van der Waals surface area contributed by atoms with Crippen molar-refractivity contribution in [2.45, 2.75) is 50.3 Å². The summed E-state index contributed by atoms with van der Waals surface area (Å²) < 4.78 is 22.2. The molecule has 1 aliphatic heterocycles. The molecule has 47 heavy (non-hydrogen) atoms. The van der Waals surface area contributed by atoms with Crippen LogP contribution < -0.4 is 15.7 Å². The maximum atomic E-state index is 13.0. The van der Waals surface area contributed by atoms with E-state index in [2.05, 4.69) is 77.2 Å². The van der Waals surface area contributed by atoms with Crippen LogP contribution in [0.4, 0.5) is 5.82 Å². The SMILES string of the molecule is C=NOC[C@H]1O[C@@H](n2cnc3c(NC(=O)c4ccccc4)ncnc32)[C@H](OC)[C@@H]1O[Si](c1ccccc1)(c1ccccc1)C(C)(C)C. The number of hydrogen-bond donors (Lipinski definition) is 1. The lowest BCUT2D eigenvalue weighted by molar-refractivity contribution is -0.0677. The fourth-order valence-corrected chi connectivity index (χ4v) is 11.1. The molecule has 5 aromatic rings. The number of methoxy groups -OCH3 is 1. The number of anilines is 1. The average Bonchev–Trinajstić information content (AvgIpc) is 3.68. The van der Waals surface area contributed by atoms with Gasteiger partial charge in [0.1, 0.15) is 31.2 Å². The molecule has 4 atom stereocenters. The summed E-state index contributed by atoms with van der Waals surface area (Å²) in [5.74, 6) is -0.0228. The van der Waals surface area contributed by atoms with Gasteiger partial charge in [-0.25, -0.2) is 15.0 Å². The average molecular weight is 651 g/mol. The van der Waals surface area contributed by atoms with Crippen molar-refractivity contribution in [2.24, 2.45) is 5.16 Å². The quantitative estimate of drug-likeness (QED) is 0.125. The molecule has 2 aromatic heterocycles. The second-order valence-corrected chi connectivity index (χ2v) is 16.6. The van der Waals surface area contributed by atoms with E-state index in [0.717, 1.165) is 10.4 Å². The van der Waals surface area contributed by atoms with Gasteiger partial charge in [0.15, 0.2) is 23.2 Å². The minimum atomic E-state index is -3.04. The van der Waals surface area contributed by atoms with Crippen LogP contribution in [0.15, 0.2) is 109 Å². The van der Waals surface area contributed by atoms with Crippen LogP contribution in [0.2, 0.25) is 5.04 Å². The zero-order chi connectivity index (χ0) is 33.0. The first-order valence-electron chi connectivity index (χ1n) is 15.4. The van der Waals surface area contributed by atoms with E-state index < -0.39 is 32.9 Å². The highest BCUT2D eigenvalue weighted by Crippen LogP contribution is 2.42. The Balaban J connectivity index is 1.41. The monoisotopic (exact) mass is 650 g/mol. The number of ether oxygens (including phenoxy) is 2. The molecule has 11 nitrogen and oxygen atoms in total. The summed E-state index contributed by atoms with van der Waals surface area (Å²) in [7, 11) is -1.40. The molecule has 1 N–H and O–H groups in total. The van der Waals surface area contributed by atoms with Gasteiger partial charge in [0.05, 0.1) is 6.33 Å². The van der Waals surface area contributed by atoms with E-state index in [1.807, 2.05) is 42.5 Å². The van der Waals surface area contributed by atoms with Crippen LogP contribution in [0, 0.1) is 0 Å². The van der Waals surface area contributed by atoms with Crippen LogP contribution in [0.3, 0.4) is 0 Å². The fourth-order valence-electron chi connectivity index (χ4n) is 6.38. The standard InChI is InChI=1S/C35H38N6O5Si/c1-35(2,3)47(25-17-11-7-12-18-25,26-19-13-8-14-20-26)46-29-27(21-44-36-4)45-34(30(29)43-5)41-23-39-28-31(37-22-38-32(28)41)40-33(42)24-15-9-6-10-16-24/h6-20,22-23,27,29-30,34H,4,21H2,1-3,5H3,(H,37,38,40,42)/t27-,29-,30-,34-/m1/s1. The van der Waals surface area contributed by atoms with Crippen molar-refractivity contribution in [3.8, 4) is 0 Å². The third-order valence-electron chi connectivity index (χ3n) is 8.52. The number of imidazole rings is 1. The number of fused-ring (bicyclic) bond motifs is 1. The van der Waals surface area contributed by atoms with E-state index >= 15 is 0 Å². The predicted octanol–water partition coefficient (Wildman–Crippen LogP) is 4.57. The molecule has 1 fully saturated rings. The Labute approximate surface area is 274 Å². The van der Waals surface area contributed by atoms with Gasteiger partial charge in [-0.3, -0.25) is 9.36 Å². The van der Waals surface area contributed by atoms with Crippen LogP contribution in [-0.4, -0.2) is 72.5 Å². The summed E-state index contributed by atoms with van der Waals surface area (Å²) in [6.45, 7) is 10.2. The summed E-state index contributed by atoms with van der Waals surface area (Å²) in [5.41, 5.74) is 1.37. The lowest BCUT2D eigenvalue weighted by Crippen LogP contribution is -2.69. The predicted molar refractivity (Wildman–Crippen MR) is 182 cm³/mol. The third-order valence-corrected chi connectivity index (χ3v) is 13.5. The molecule has 1 aliphatic rings. The molecular formula is C35H38N6O5Si. The van der Waals surface area contributed by atoms with Gasteiger partial charge in [0.2, 0.25) is 0 Å². The Morgan fingerprint density at radius 2 is 1.55 bits per heavy atom. The van der Waals surface area contributed by atoms with Crippen LogP contribution >= 0.6 is 0 Å². The van der Waals surface area contributed by atoms with E-state index in [0.29, 0.717) is 16.7 Å². The van der Waals surface area contributed by atoms with E-state index in [1.165, 1.54) is 6.33 Å². The zero-order valence-corrected chi connectivity index (χ0v) is 27.8.